The van der Waals surface area contributed by atoms with E-state index in [1.165, 1.54) is 44.9 Å². The van der Waals surface area contributed by atoms with Gasteiger partial charge in [0.15, 0.2) is 0 Å². The molecule has 19 heavy (non-hydrogen) atoms. The third-order valence-electron chi connectivity index (χ3n) is 6.97. The first-order valence-electron chi connectivity index (χ1n) is 8.57. The van der Waals surface area contributed by atoms with E-state index in [0.29, 0.717) is 5.54 Å². The summed E-state index contributed by atoms with van der Waals surface area (Å²) in [6.07, 6.45) is 14.3. The van der Waals surface area contributed by atoms with Crippen LogP contribution in [0.4, 0.5) is 0 Å². The summed E-state index contributed by atoms with van der Waals surface area (Å²) in [5.74, 6) is 3.14. The fraction of sp³-hybridized carbons (Fsp3) is 1.00. The lowest BCUT2D eigenvalue weighted by atomic mass is 9.52. The van der Waals surface area contributed by atoms with Crippen LogP contribution in [0.3, 0.4) is 0 Å². The number of nitrogens with two attached hydrogens (primary N) is 1. The minimum Gasteiger partial charge on any atom is -0.324 e. The zero-order chi connectivity index (χ0) is 13.1. The Balaban J connectivity index is 1.51. The van der Waals surface area contributed by atoms with E-state index in [-0.39, 0.29) is 5.54 Å². The smallest absolute Gasteiger partial charge is 0.0283 e. The summed E-state index contributed by atoms with van der Waals surface area (Å²) in [4.78, 5) is 2.72. The molecule has 2 heteroatoms. The molecule has 0 unspecified atom stereocenters. The quantitative estimate of drug-likeness (QED) is 0.846. The molecule has 0 saturated heterocycles. The molecular weight excluding hydrogens is 232 g/mol. The van der Waals surface area contributed by atoms with Gasteiger partial charge in [0, 0.05) is 17.6 Å². The summed E-state index contributed by atoms with van der Waals surface area (Å²) in [7, 11) is 2.39. The zero-order valence-corrected chi connectivity index (χ0v) is 12.5. The molecule has 0 atom stereocenters. The molecule has 0 heterocycles. The standard InChI is InChI=1S/C17H30N2/c1-19(12-16(18)4-2-3-5-16)17-9-13-6-14(10-17)8-15(7-13)11-17/h13-15H,2-12,18H2,1H3. The van der Waals surface area contributed by atoms with Gasteiger partial charge in [-0.25, -0.2) is 0 Å². The predicted molar refractivity (Wildman–Crippen MR) is 78.9 cm³/mol. The van der Waals surface area contributed by atoms with E-state index in [2.05, 4.69) is 11.9 Å². The third-order valence-corrected chi connectivity index (χ3v) is 6.97. The van der Waals surface area contributed by atoms with Gasteiger partial charge in [-0.1, -0.05) is 12.8 Å². The van der Waals surface area contributed by atoms with Gasteiger partial charge in [-0.2, -0.15) is 0 Å². The van der Waals surface area contributed by atoms with Crippen molar-refractivity contribution in [3.63, 3.8) is 0 Å². The van der Waals surface area contributed by atoms with E-state index in [9.17, 15) is 0 Å². The fourth-order valence-electron chi connectivity index (χ4n) is 6.41. The molecule has 2 N–H and O–H groups in total. The summed E-state index contributed by atoms with van der Waals surface area (Å²) in [5.41, 5.74) is 7.32. The second-order valence-corrected chi connectivity index (χ2v) is 8.57. The third kappa shape index (κ3) is 2.06. The topological polar surface area (TPSA) is 29.3 Å². The normalized spacial score (nSPS) is 47.2. The highest BCUT2D eigenvalue weighted by molar-refractivity contribution is 5.08. The van der Waals surface area contributed by atoms with Gasteiger partial charge in [0.05, 0.1) is 0 Å². The first-order valence-corrected chi connectivity index (χ1v) is 8.57. The lowest BCUT2D eigenvalue weighted by Gasteiger charge is -2.60. The van der Waals surface area contributed by atoms with Crippen LogP contribution in [0.25, 0.3) is 0 Å². The van der Waals surface area contributed by atoms with Crippen LogP contribution in [0.2, 0.25) is 0 Å². The van der Waals surface area contributed by atoms with Crippen LogP contribution in [0.5, 0.6) is 0 Å². The van der Waals surface area contributed by atoms with Crippen LogP contribution in [-0.2, 0) is 0 Å². The van der Waals surface area contributed by atoms with Crippen molar-refractivity contribution in [1.29, 1.82) is 0 Å². The van der Waals surface area contributed by atoms with Gasteiger partial charge >= 0.3 is 0 Å². The van der Waals surface area contributed by atoms with Crippen LogP contribution in [-0.4, -0.2) is 29.6 Å². The van der Waals surface area contributed by atoms with Gasteiger partial charge in [0.2, 0.25) is 0 Å². The Bertz CT molecular complexity index is 321. The van der Waals surface area contributed by atoms with Crippen LogP contribution >= 0.6 is 0 Å². The maximum absolute atomic E-state index is 6.64. The van der Waals surface area contributed by atoms with E-state index in [0.717, 1.165) is 24.3 Å². The van der Waals surface area contributed by atoms with Gasteiger partial charge in [-0.3, -0.25) is 4.90 Å². The lowest BCUT2D eigenvalue weighted by Crippen LogP contribution is -2.62. The first kappa shape index (κ1) is 12.6. The second-order valence-electron chi connectivity index (χ2n) is 8.57. The molecule has 0 aromatic rings. The van der Waals surface area contributed by atoms with E-state index in [1.807, 2.05) is 0 Å². The van der Waals surface area contributed by atoms with Crippen LogP contribution in [0, 0.1) is 17.8 Å². The van der Waals surface area contributed by atoms with Crippen molar-refractivity contribution >= 4 is 0 Å². The van der Waals surface area contributed by atoms with Crippen molar-refractivity contribution in [1.82, 2.24) is 4.90 Å². The average molecular weight is 262 g/mol. The largest absolute Gasteiger partial charge is 0.324 e. The molecule has 5 aliphatic carbocycles. The molecule has 108 valence electrons. The van der Waals surface area contributed by atoms with Gasteiger partial charge < -0.3 is 5.73 Å². The number of likely N-dealkylation sites (N-methyl/N-ethyl adjacent to an activating group) is 1. The molecule has 5 fully saturated rings. The van der Waals surface area contributed by atoms with E-state index in [1.54, 1.807) is 19.3 Å². The summed E-state index contributed by atoms with van der Waals surface area (Å²) < 4.78 is 0. The summed E-state index contributed by atoms with van der Waals surface area (Å²) in [5, 5.41) is 0. The molecule has 0 radical (unpaired) electrons. The van der Waals surface area contributed by atoms with Crippen molar-refractivity contribution < 1.29 is 0 Å². The van der Waals surface area contributed by atoms with Crippen LogP contribution < -0.4 is 5.73 Å². The monoisotopic (exact) mass is 262 g/mol. The minimum atomic E-state index is 0.137. The van der Waals surface area contributed by atoms with Crippen molar-refractivity contribution in [2.24, 2.45) is 23.5 Å². The minimum absolute atomic E-state index is 0.137. The van der Waals surface area contributed by atoms with E-state index in [4.69, 9.17) is 5.73 Å². The SMILES string of the molecule is CN(CC1(N)CCCC1)C12CC3CC(CC(C3)C1)C2. The average Bonchev–Trinajstić information content (AvgIpc) is 2.74. The number of rotatable bonds is 3. The fourth-order valence-corrected chi connectivity index (χ4v) is 6.41. The summed E-state index contributed by atoms with van der Waals surface area (Å²) >= 11 is 0. The van der Waals surface area contributed by atoms with Crippen molar-refractivity contribution in [3.8, 4) is 0 Å². The molecule has 2 nitrogen and oxygen atoms in total. The number of nitrogens with zero attached hydrogens (tertiary/aromatic N) is 1. The highest BCUT2D eigenvalue weighted by atomic mass is 15.2. The van der Waals surface area contributed by atoms with E-state index >= 15 is 0 Å². The lowest BCUT2D eigenvalue weighted by molar-refractivity contribution is -0.0844. The molecule has 0 amide bonds. The van der Waals surface area contributed by atoms with Crippen molar-refractivity contribution in [3.05, 3.63) is 0 Å². The molecule has 0 spiro atoms. The summed E-state index contributed by atoms with van der Waals surface area (Å²) in [6, 6.07) is 0. The molecule has 5 aliphatic rings. The molecule has 4 bridgehead atoms. The number of hydrogen-bond acceptors (Lipinski definition) is 2. The highest BCUT2D eigenvalue weighted by Gasteiger charge is 2.53. The molecular formula is C17H30N2. The first-order chi connectivity index (χ1) is 9.07. The second kappa shape index (κ2) is 4.21. The Labute approximate surface area is 118 Å². The molecule has 0 aromatic heterocycles. The molecule has 0 aliphatic heterocycles. The maximum atomic E-state index is 6.64. The van der Waals surface area contributed by atoms with Crippen molar-refractivity contribution in [2.45, 2.75) is 75.3 Å². The Morgan fingerprint density at radius 2 is 1.42 bits per heavy atom. The van der Waals surface area contributed by atoms with Gasteiger partial charge in [-0.05, 0) is 76.2 Å². The van der Waals surface area contributed by atoms with Crippen LogP contribution in [0.1, 0.15) is 64.2 Å². The van der Waals surface area contributed by atoms with Gasteiger partial charge in [-0.15, -0.1) is 0 Å². The predicted octanol–water partition coefficient (Wildman–Crippen LogP) is 3.16. The Morgan fingerprint density at radius 1 is 0.947 bits per heavy atom. The Morgan fingerprint density at radius 3 is 1.89 bits per heavy atom. The van der Waals surface area contributed by atoms with Gasteiger partial charge in [0.25, 0.3) is 0 Å². The van der Waals surface area contributed by atoms with E-state index < -0.39 is 0 Å². The number of hydrogen-bond donors (Lipinski definition) is 1. The Hall–Kier alpha value is -0.0800. The van der Waals surface area contributed by atoms with Crippen LogP contribution in [0.15, 0.2) is 0 Å². The zero-order valence-electron chi connectivity index (χ0n) is 12.5. The summed E-state index contributed by atoms with van der Waals surface area (Å²) in [6.45, 7) is 1.15. The van der Waals surface area contributed by atoms with Gasteiger partial charge in [0.1, 0.15) is 0 Å². The van der Waals surface area contributed by atoms with Crippen molar-refractivity contribution in [2.75, 3.05) is 13.6 Å². The molecule has 0 aromatic carbocycles. The molecule has 5 saturated carbocycles. The Kier molecular flexibility index (Phi) is 2.80. The highest BCUT2D eigenvalue weighted by Crippen LogP contribution is 2.57. The maximum Gasteiger partial charge on any atom is 0.0283 e. The molecule has 5 rings (SSSR count).